The Morgan fingerprint density at radius 2 is 1.52 bits per heavy atom. The number of thiazole rings is 2. The summed E-state index contributed by atoms with van der Waals surface area (Å²) in [5, 5.41) is 7.08. The third-order valence-electron chi connectivity index (χ3n) is 5.23. The second-order valence-corrected chi connectivity index (χ2v) is 9.47. The van der Waals surface area contributed by atoms with E-state index in [9.17, 15) is 9.59 Å². The summed E-state index contributed by atoms with van der Waals surface area (Å²) in [5.74, 6) is -0.362. The minimum atomic E-state index is -0.250. The van der Waals surface area contributed by atoms with Crippen molar-refractivity contribution < 1.29 is 9.59 Å². The van der Waals surface area contributed by atoms with E-state index in [1.807, 2.05) is 17.0 Å². The summed E-state index contributed by atoms with van der Waals surface area (Å²) in [6.45, 7) is 3.76. The molecule has 4 aromatic rings. The fourth-order valence-electron chi connectivity index (χ4n) is 3.65. The van der Waals surface area contributed by atoms with Gasteiger partial charge in [0.25, 0.3) is 11.8 Å². The van der Waals surface area contributed by atoms with Crippen LogP contribution in [0.3, 0.4) is 0 Å². The van der Waals surface area contributed by atoms with Crippen molar-refractivity contribution in [1.29, 1.82) is 0 Å². The van der Waals surface area contributed by atoms with Crippen molar-refractivity contribution in [2.24, 2.45) is 0 Å². The van der Waals surface area contributed by atoms with E-state index >= 15 is 0 Å². The smallest absolute Gasteiger partial charge is 0.274 e. The maximum absolute atomic E-state index is 12.9. The molecule has 0 aromatic carbocycles. The summed E-state index contributed by atoms with van der Waals surface area (Å²) in [6, 6.07) is 0. The molecule has 13 heteroatoms. The second kappa shape index (κ2) is 8.40. The minimum absolute atomic E-state index is 0.112. The quantitative estimate of drug-likeness (QED) is 0.457. The molecule has 4 aromatic heterocycles. The van der Waals surface area contributed by atoms with E-state index in [0.29, 0.717) is 60.6 Å². The van der Waals surface area contributed by atoms with E-state index in [1.54, 1.807) is 19.9 Å². The van der Waals surface area contributed by atoms with E-state index < -0.39 is 0 Å². The number of carbonyl (C=O) groups excluding carboxylic acids is 2. The van der Waals surface area contributed by atoms with Crippen LogP contribution in [0.25, 0.3) is 9.92 Å². The number of fused-ring (bicyclic) bond motifs is 2. The number of rotatable bonds is 5. The molecule has 9 nitrogen and oxygen atoms in total. The highest BCUT2D eigenvalue weighted by atomic mass is 35.5. The lowest BCUT2D eigenvalue weighted by Crippen LogP contribution is -2.50. The van der Waals surface area contributed by atoms with Crippen molar-refractivity contribution >= 4 is 67.6 Å². The van der Waals surface area contributed by atoms with Crippen LogP contribution in [0.1, 0.15) is 21.0 Å². The summed E-state index contributed by atoms with van der Waals surface area (Å²) >= 11 is 15.2. The lowest BCUT2D eigenvalue weighted by molar-refractivity contribution is 0.0631. The molecule has 1 N–H and O–H groups in total. The number of halogens is 2. The molecule has 5 heterocycles. The molecule has 0 aliphatic carbocycles. The highest BCUT2D eigenvalue weighted by molar-refractivity contribution is 7.15. The molecule has 0 radical (unpaired) electrons. The lowest BCUT2D eigenvalue weighted by Gasteiger charge is -2.34. The van der Waals surface area contributed by atoms with E-state index in [0.717, 1.165) is 0 Å². The van der Waals surface area contributed by atoms with Crippen LogP contribution in [0.2, 0.25) is 10.3 Å². The zero-order valence-electron chi connectivity index (χ0n) is 16.1. The zero-order valence-corrected chi connectivity index (χ0v) is 19.3. The summed E-state index contributed by atoms with van der Waals surface area (Å²) < 4.78 is 3.43. The van der Waals surface area contributed by atoms with Crippen LogP contribution >= 0.6 is 45.9 Å². The molecular weight excluding hydrogens is 481 g/mol. The molecule has 2 amide bonds. The van der Waals surface area contributed by atoms with Crippen LogP contribution in [0.15, 0.2) is 23.2 Å². The van der Waals surface area contributed by atoms with Crippen molar-refractivity contribution in [2.75, 3.05) is 39.3 Å². The number of piperazine rings is 1. The highest BCUT2D eigenvalue weighted by Crippen LogP contribution is 2.23. The Bertz CT molecular complexity index is 1270. The molecule has 31 heavy (non-hydrogen) atoms. The van der Waals surface area contributed by atoms with Gasteiger partial charge < -0.3 is 10.2 Å². The van der Waals surface area contributed by atoms with Crippen LogP contribution in [-0.4, -0.2) is 79.7 Å². The Morgan fingerprint density at radius 1 is 0.935 bits per heavy atom. The van der Waals surface area contributed by atoms with Gasteiger partial charge in [0.05, 0.1) is 0 Å². The number of nitrogens with one attached hydrogen (secondary N) is 1. The van der Waals surface area contributed by atoms with Gasteiger partial charge in [0.1, 0.15) is 0 Å². The SMILES string of the molecule is O=C(NCCN1CCN(C(=O)c2c(Cl)nc3sccn23)CC1)c1c(Cl)nc2sccn12. The zero-order chi connectivity index (χ0) is 21.5. The van der Waals surface area contributed by atoms with Crippen molar-refractivity contribution in [1.82, 2.24) is 33.9 Å². The fraction of sp³-hybridized carbons (Fsp3) is 0.333. The van der Waals surface area contributed by atoms with Gasteiger partial charge >= 0.3 is 0 Å². The summed E-state index contributed by atoms with van der Waals surface area (Å²) in [6.07, 6.45) is 3.59. The molecule has 0 spiro atoms. The third-order valence-corrected chi connectivity index (χ3v) is 7.27. The fourth-order valence-corrected chi connectivity index (χ4v) is 5.69. The van der Waals surface area contributed by atoms with E-state index in [2.05, 4.69) is 20.2 Å². The van der Waals surface area contributed by atoms with Gasteiger partial charge in [-0.3, -0.25) is 23.3 Å². The van der Waals surface area contributed by atoms with Crippen LogP contribution in [-0.2, 0) is 0 Å². The maximum atomic E-state index is 12.9. The molecule has 1 aliphatic rings. The first-order valence-corrected chi connectivity index (χ1v) is 12.1. The van der Waals surface area contributed by atoms with Gasteiger partial charge in [-0.1, -0.05) is 23.2 Å². The van der Waals surface area contributed by atoms with E-state index in [4.69, 9.17) is 23.2 Å². The van der Waals surface area contributed by atoms with Gasteiger partial charge in [0, 0.05) is 62.4 Å². The van der Waals surface area contributed by atoms with Gasteiger partial charge in [-0.05, 0) is 0 Å². The first-order valence-electron chi connectivity index (χ1n) is 9.55. The maximum Gasteiger partial charge on any atom is 0.274 e. The van der Waals surface area contributed by atoms with Crippen molar-refractivity contribution in [2.45, 2.75) is 0 Å². The molecule has 0 saturated carbocycles. The molecule has 0 unspecified atom stereocenters. The first-order chi connectivity index (χ1) is 15.0. The van der Waals surface area contributed by atoms with Crippen molar-refractivity contribution in [3.8, 4) is 0 Å². The number of hydrogen-bond donors (Lipinski definition) is 1. The number of carbonyl (C=O) groups is 2. The Hall–Kier alpha value is -2.18. The lowest BCUT2D eigenvalue weighted by atomic mass is 10.2. The predicted octanol–water partition coefficient (Wildman–Crippen LogP) is 2.60. The van der Waals surface area contributed by atoms with Gasteiger partial charge in [0.2, 0.25) is 0 Å². The molecule has 1 saturated heterocycles. The third kappa shape index (κ3) is 3.80. The topological polar surface area (TPSA) is 87.2 Å². The number of aromatic nitrogens is 4. The average molecular weight is 498 g/mol. The second-order valence-electron chi connectivity index (χ2n) is 7.00. The molecular formula is C18H17Cl2N7O2S2. The van der Waals surface area contributed by atoms with Gasteiger partial charge in [-0.25, -0.2) is 9.97 Å². The largest absolute Gasteiger partial charge is 0.349 e. The molecule has 162 valence electrons. The first kappa shape index (κ1) is 20.7. The summed E-state index contributed by atoms with van der Waals surface area (Å²) in [5.41, 5.74) is 0.766. The van der Waals surface area contributed by atoms with Gasteiger partial charge in [-0.15, -0.1) is 22.7 Å². The number of nitrogens with zero attached hydrogens (tertiary/aromatic N) is 6. The predicted molar refractivity (Wildman–Crippen MR) is 121 cm³/mol. The summed E-state index contributed by atoms with van der Waals surface area (Å²) in [7, 11) is 0. The molecule has 0 bridgehead atoms. The summed E-state index contributed by atoms with van der Waals surface area (Å²) in [4.78, 5) is 39.3. The number of hydrogen-bond acceptors (Lipinski definition) is 7. The van der Waals surface area contributed by atoms with Crippen LogP contribution < -0.4 is 5.32 Å². The standard InChI is InChI=1S/C18H17Cl2N7O2S2/c19-13-11(26-7-9-30-17(26)22-13)15(28)21-1-2-24-3-5-25(6-4-24)16(29)12-14(20)23-18-27(12)8-10-31-18/h7-10H,1-6H2,(H,21,28). The Balaban J connectivity index is 1.14. The monoisotopic (exact) mass is 497 g/mol. The van der Waals surface area contributed by atoms with E-state index in [1.165, 1.54) is 22.7 Å². The van der Waals surface area contributed by atoms with Gasteiger partial charge in [-0.2, -0.15) is 0 Å². The molecule has 0 atom stereocenters. The Kier molecular flexibility index (Phi) is 5.61. The van der Waals surface area contributed by atoms with E-state index in [-0.39, 0.29) is 22.1 Å². The molecule has 1 aliphatic heterocycles. The van der Waals surface area contributed by atoms with Gasteiger partial charge in [0.15, 0.2) is 31.6 Å². The van der Waals surface area contributed by atoms with Crippen LogP contribution in [0, 0.1) is 0 Å². The highest BCUT2D eigenvalue weighted by Gasteiger charge is 2.27. The van der Waals surface area contributed by atoms with Crippen molar-refractivity contribution in [3.63, 3.8) is 0 Å². The average Bonchev–Trinajstić information content (AvgIpc) is 3.49. The normalized spacial score (nSPS) is 15.2. The Labute approximate surface area is 194 Å². The van der Waals surface area contributed by atoms with Crippen LogP contribution in [0.4, 0.5) is 0 Å². The number of imidazole rings is 2. The number of amides is 2. The van der Waals surface area contributed by atoms with Crippen LogP contribution in [0.5, 0.6) is 0 Å². The molecule has 1 fully saturated rings. The van der Waals surface area contributed by atoms with Crippen molar-refractivity contribution in [3.05, 3.63) is 44.8 Å². The Morgan fingerprint density at radius 3 is 2.16 bits per heavy atom. The molecule has 5 rings (SSSR count). The minimum Gasteiger partial charge on any atom is -0.349 e.